The molecule has 1 atom stereocenters. The molecule has 0 aromatic rings. The quantitative estimate of drug-likeness (QED) is 0.829. The lowest BCUT2D eigenvalue weighted by atomic mass is 10.1. The molecule has 1 unspecified atom stereocenters. The second-order valence-electron chi connectivity index (χ2n) is 5.04. The third kappa shape index (κ3) is 3.83. The SMILES string of the molecule is CCC(C(=O)N1CCCNCC1)N1CCCC1=O.Cl. The molecule has 2 amide bonds. The summed E-state index contributed by atoms with van der Waals surface area (Å²) in [6.07, 6.45) is 3.21. The maximum atomic E-state index is 12.5. The van der Waals surface area contributed by atoms with Crippen LogP contribution in [0.15, 0.2) is 0 Å². The molecular weight excluding hydrogens is 266 g/mol. The number of likely N-dealkylation sites (tertiary alicyclic amines) is 1. The highest BCUT2D eigenvalue weighted by Gasteiger charge is 2.33. The maximum absolute atomic E-state index is 12.5. The molecule has 0 spiro atoms. The van der Waals surface area contributed by atoms with Crippen molar-refractivity contribution < 1.29 is 9.59 Å². The summed E-state index contributed by atoms with van der Waals surface area (Å²) < 4.78 is 0. The van der Waals surface area contributed by atoms with E-state index in [4.69, 9.17) is 0 Å². The molecule has 2 saturated heterocycles. The van der Waals surface area contributed by atoms with Crippen LogP contribution in [0.3, 0.4) is 0 Å². The molecule has 0 radical (unpaired) electrons. The van der Waals surface area contributed by atoms with Gasteiger partial charge in [0.1, 0.15) is 6.04 Å². The van der Waals surface area contributed by atoms with Gasteiger partial charge >= 0.3 is 0 Å². The van der Waals surface area contributed by atoms with Crippen LogP contribution in [0, 0.1) is 0 Å². The van der Waals surface area contributed by atoms with Crippen molar-refractivity contribution in [1.29, 1.82) is 0 Å². The highest BCUT2D eigenvalue weighted by Crippen LogP contribution is 2.18. The average Bonchev–Trinajstić information content (AvgIpc) is 2.66. The molecule has 1 N–H and O–H groups in total. The molecule has 2 aliphatic heterocycles. The molecule has 2 fully saturated rings. The van der Waals surface area contributed by atoms with Crippen molar-refractivity contribution in [3.05, 3.63) is 0 Å². The van der Waals surface area contributed by atoms with E-state index in [2.05, 4.69) is 5.32 Å². The van der Waals surface area contributed by atoms with Gasteiger partial charge in [-0.25, -0.2) is 0 Å². The summed E-state index contributed by atoms with van der Waals surface area (Å²) in [5.74, 6) is 0.277. The molecule has 0 aromatic carbocycles. The summed E-state index contributed by atoms with van der Waals surface area (Å²) >= 11 is 0. The van der Waals surface area contributed by atoms with Crippen LogP contribution in [-0.4, -0.2) is 60.4 Å². The van der Waals surface area contributed by atoms with E-state index in [0.717, 1.165) is 45.6 Å². The number of hydrogen-bond donors (Lipinski definition) is 1. The van der Waals surface area contributed by atoms with Gasteiger partial charge in [-0.2, -0.15) is 0 Å². The Morgan fingerprint density at radius 1 is 1.26 bits per heavy atom. The predicted molar refractivity (Wildman–Crippen MR) is 76.3 cm³/mol. The Labute approximate surface area is 121 Å². The number of nitrogens with zero attached hydrogens (tertiary/aromatic N) is 2. The fourth-order valence-corrected chi connectivity index (χ4v) is 2.80. The summed E-state index contributed by atoms with van der Waals surface area (Å²) in [6.45, 7) is 6.14. The lowest BCUT2D eigenvalue weighted by Gasteiger charge is -2.31. The van der Waals surface area contributed by atoms with Crippen molar-refractivity contribution in [1.82, 2.24) is 15.1 Å². The van der Waals surface area contributed by atoms with E-state index in [0.29, 0.717) is 12.8 Å². The lowest BCUT2D eigenvalue weighted by Crippen LogP contribution is -2.49. The van der Waals surface area contributed by atoms with Gasteiger partial charge in [0.25, 0.3) is 0 Å². The van der Waals surface area contributed by atoms with Gasteiger partial charge in [0.2, 0.25) is 11.8 Å². The zero-order valence-electron chi connectivity index (χ0n) is 11.6. The minimum atomic E-state index is -0.238. The first kappa shape index (κ1) is 16.2. The molecule has 2 rings (SSSR count). The molecule has 110 valence electrons. The zero-order chi connectivity index (χ0) is 13.0. The van der Waals surface area contributed by atoms with Gasteiger partial charge in [0, 0.05) is 32.6 Å². The fraction of sp³-hybridized carbons (Fsp3) is 0.846. The van der Waals surface area contributed by atoms with Crippen molar-refractivity contribution >= 4 is 24.2 Å². The van der Waals surface area contributed by atoms with Crippen LogP contribution in [0.2, 0.25) is 0 Å². The van der Waals surface area contributed by atoms with Crippen molar-refractivity contribution in [2.45, 2.75) is 38.6 Å². The van der Waals surface area contributed by atoms with Crippen LogP contribution in [0.5, 0.6) is 0 Å². The number of carbonyl (C=O) groups is 2. The van der Waals surface area contributed by atoms with Gasteiger partial charge in [-0.15, -0.1) is 12.4 Å². The van der Waals surface area contributed by atoms with Gasteiger partial charge < -0.3 is 15.1 Å². The maximum Gasteiger partial charge on any atom is 0.245 e. The topological polar surface area (TPSA) is 52.7 Å². The Kier molecular flexibility index (Phi) is 6.58. The molecule has 5 nitrogen and oxygen atoms in total. The van der Waals surface area contributed by atoms with Crippen molar-refractivity contribution in [2.75, 3.05) is 32.7 Å². The largest absolute Gasteiger partial charge is 0.340 e. The van der Waals surface area contributed by atoms with Gasteiger partial charge in [0.05, 0.1) is 0 Å². The first-order valence-electron chi connectivity index (χ1n) is 7.03. The number of nitrogens with one attached hydrogen (secondary N) is 1. The normalized spacial score (nSPS) is 21.8. The Morgan fingerprint density at radius 3 is 2.68 bits per heavy atom. The van der Waals surface area contributed by atoms with Gasteiger partial charge in [-0.1, -0.05) is 6.92 Å². The smallest absolute Gasteiger partial charge is 0.245 e. The van der Waals surface area contributed by atoms with E-state index in [1.807, 2.05) is 11.8 Å². The van der Waals surface area contributed by atoms with E-state index >= 15 is 0 Å². The van der Waals surface area contributed by atoms with Crippen LogP contribution < -0.4 is 5.32 Å². The van der Waals surface area contributed by atoms with Crippen molar-refractivity contribution in [3.8, 4) is 0 Å². The zero-order valence-corrected chi connectivity index (χ0v) is 12.4. The van der Waals surface area contributed by atoms with Gasteiger partial charge in [-0.05, 0) is 25.8 Å². The van der Waals surface area contributed by atoms with Gasteiger partial charge in [-0.3, -0.25) is 9.59 Å². The molecule has 6 heteroatoms. The third-order valence-corrected chi connectivity index (χ3v) is 3.81. The Bertz CT molecular complexity index is 317. The Hall–Kier alpha value is -0.810. The Morgan fingerprint density at radius 2 is 2.05 bits per heavy atom. The highest BCUT2D eigenvalue weighted by molar-refractivity contribution is 5.88. The summed E-state index contributed by atoms with van der Waals surface area (Å²) in [7, 11) is 0. The molecule has 2 heterocycles. The number of halogens is 1. The summed E-state index contributed by atoms with van der Waals surface area (Å²) in [6, 6.07) is -0.238. The molecule has 0 bridgehead atoms. The number of carbonyl (C=O) groups excluding carboxylic acids is 2. The molecule has 2 aliphatic rings. The standard InChI is InChI=1S/C13H23N3O2.ClH/c1-2-11(16-9-3-5-12(16)17)13(18)15-8-4-6-14-7-10-15;/h11,14H,2-10H2,1H3;1H. The predicted octanol–water partition coefficient (Wildman–Crippen LogP) is 0.631. The minimum absolute atomic E-state index is 0. The second kappa shape index (κ2) is 7.70. The van der Waals surface area contributed by atoms with Crippen LogP contribution in [0.4, 0.5) is 0 Å². The van der Waals surface area contributed by atoms with Gasteiger partial charge in [0.15, 0.2) is 0 Å². The monoisotopic (exact) mass is 289 g/mol. The van der Waals surface area contributed by atoms with Crippen LogP contribution in [-0.2, 0) is 9.59 Å². The first-order valence-corrected chi connectivity index (χ1v) is 7.03. The van der Waals surface area contributed by atoms with E-state index < -0.39 is 0 Å². The third-order valence-electron chi connectivity index (χ3n) is 3.81. The van der Waals surface area contributed by atoms with Crippen molar-refractivity contribution in [3.63, 3.8) is 0 Å². The molecule has 19 heavy (non-hydrogen) atoms. The first-order chi connectivity index (χ1) is 8.74. The van der Waals surface area contributed by atoms with Crippen LogP contribution >= 0.6 is 12.4 Å². The minimum Gasteiger partial charge on any atom is -0.340 e. The second-order valence-corrected chi connectivity index (χ2v) is 5.04. The Balaban J connectivity index is 0.00000180. The lowest BCUT2D eigenvalue weighted by molar-refractivity contribution is -0.143. The number of hydrogen-bond acceptors (Lipinski definition) is 3. The number of amides is 2. The van der Waals surface area contributed by atoms with Crippen LogP contribution in [0.25, 0.3) is 0 Å². The van der Waals surface area contributed by atoms with E-state index in [9.17, 15) is 9.59 Å². The summed E-state index contributed by atoms with van der Waals surface area (Å²) in [4.78, 5) is 28.0. The molecule has 0 saturated carbocycles. The van der Waals surface area contributed by atoms with E-state index in [1.54, 1.807) is 4.90 Å². The van der Waals surface area contributed by atoms with Crippen LogP contribution in [0.1, 0.15) is 32.6 Å². The highest BCUT2D eigenvalue weighted by atomic mass is 35.5. The molecular formula is C13H24ClN3O2. The summed E-state index contributed by atoms with van der Waals surface area (Å²) in [5, 5.41) is 3.29. The van der Waals surface area contributed by atoms with Crippen molar-refractivity contribution in [2.24, 2.45) is 0 Å². The number of rotatable bonds is 3. The average molecular weight is 290 g/mol. The van der Waals surface area contributed by atoms with E-state index in [-0.39, 0.29) is 30.3 Å². The summed E-state index contributed by atoms with van der Waals surface area (Å²) in [5.41, 5.74) is 0. The molecule has 0 aliphatic carbocycles. The van der Waals surface area contributed by atoms with E-state index in [1.165, 1.54) is 0 Å². The fourth-order valence-electron chi connectivity index (χ4n) is 2.80. The molecule has 0 aromatic heterocycles.